The minimum absolute atomic E-state index is 0.302. The number of aromatic nitrogens is 1. The summed E-state index contributed by atoms with van der Waals surface area (Å²) >= 11 is 9.25. The van der Waals surface area contributed by atoms with E-state index in [1.165, 1.54) is 4.88 Å². The second kappa shape index (κ2) is 6.50. The van der Waals surface area contributed by atoms with Crippen LogP contribution in [0.1, 0.15) is 30.0 Å². The fourth-order valence-electron chi connectivity index (χ4n) is 1.66. The molecule has 0 fully saturated rings. The zero-order valence-electron chi connectivity index (χ0n) is 9.65. The van der Waals surface area contributed by atoms with E-state index in [4.69, 9.17) is 11.6 Å². The molecule has 1 atom stereocenters. The summed E-state index contributed by atoms with van der Waals surface area (Å²) in [5, 5.41) is 5.65. The molecule has 0 aliphatic heterocycles. The van der Waals surface area contributed by atoms with Crippen LogP contribution in [0.3, 0.4) is 0 Å². The van der Waals surface area contributed by atoms with Crippen LogP contribution in [-0.4, -0.2) is 11.5 Å². The van der Waals surface area contributed by atoms with Crippen molar-refractivity contribution < 1.29 is 0 Å². The van der Waals surface area contributed by atoms with Crippen molar-refractivity contribution in [3.8, 4) is 0 Å². The highest BCUT2D eigenvalue weighted by molar-refractivity contribution is 7.16. The van der Waals surface area contributed by atoms with Crippen molar-refractivity contribution in [1.82, 2.24) is 10.3 Å². The number of hydrogen-bond acceptors (Lipinski definition) is 4. The van der Waals surface area contributed by atoms with E-state index >= 15 is 0 Å². The summed E-state index contributed by atoms with van der Waals surface area (Å²) < 4.78 is 0.854. The Morgan fingerprint density at radius 3 is 2.94 bits per heavy atom. The molecule has 17 heavy (non-hydrogen) atoms. The second-order valence-corrected chi connectivity index (χ2v) is 6.35. The van der Waals surface area contributed by atoms with Gasteiger partial charge in [0, 0.05) is 16.7 Å². The van der Waals surface area contributed by atoms with E-state index < -0.39 is 0 Å². The Labute approximate surface area is 115 Å². The van der Waals surface area contributed by atoms with Crippen LogP contribution in [0.2, 0.25) is 4.34 Å². The van der Waals surface area contributed by atoms with Gasteiger partial charge >= 0.3 is 0 Å². The SMILES string of the molecule is CCCNC(Cc1ccc(Cl)s1)c1cscn1. The van der Waals surface area contributed by atoms with Crippen LogP contribution in [0, 0.1) is 0 Å². The summed E-state index contributed by atoms with van der Waals surface area (Å²) in [6.45, 7) is 3.19. The van der Waals surface area contributed by atoms with E-state index in [0.29, 0.717) is 6.04 Å². The highest BCUT2D eigenvalue weighted by Crippen LogP contribution is 2.26. The summed E-state index contributed by atoms with van der Waals surface area (Å²) in [4.78, 5) is 5.70. The standard InChI is InChI=1S/C12H15ClN2S2/c1-2-5-14-10(11-7-16-8-15-11)6-9-3-4-12(13)17-9/h3-4,7-8,10,14H,2,5-6H2,1H3. The Bertz CT molecular complexity index is 439. The van der Waals surface area contributed by atoms with Crippen molar-refractivity contribution in [1.29, 1.82) is 0 Å². The van der Waals surface area contributed by atoms with Crippen LogP contribution in [-0.2, 0) is 6.42 Å². The molecule has 1 N–H and O–H groups in total. The van der Waals surface area contributed by atoms with Crippen molar-refractivity contribution in [2.75, 3.05) is 6.54 Å². The van der Waals surface area contributed by atoms with Crippen LogP contribution in [0.4, 0.5) is 0 Å². The first-order valence-electron chi connectivity index (χ1n) is 5.65. The maximum atomic E-state index is 5.96. The predicted octanol–water partition coefficient (Wildman–Crippen LogP) is 4.14. The Morgan fingerprint density at radius 2 is 2.35 bits per heavy atom. The maximum absolute atomic E-state index is 5.96. The average Bonchev–Trinajstić information content (AvgIpc) is 2.95. The van der Waals surface area contributed by atoms with Crippen LogP contribution < -0.4 is 5.32 Å². The molecule has 0 saturated carbocycles. The lowest BCUT2D eigenvalue weighted by Gasteiger charge is -2.15. The molecule has 2 nitrogen and oxygen atoms in total. The number of thiazole rings is 1. The number of halogens is 1. The first-order valence-corrected chi connectivity index (χ1v) is 7.79. The summed E-state index contributed by atoms with van der Waals surface area (Å²) in [5.41, 5.74) is 3.02. The van der Waals surface area contributed by atoms with Gasteiger partial charge < -0.3 is 5.32 Å². The first kappa shape index (κ1) is 13.0. The molecule has 5 heteroatoms. The highest BCUT2D eigenvalue weighted by atomic mass is 35.5. The second-order valence-electron chi connectivity index (χ2n) is 3.83. The van der Waals surface area contributed by atoms with Crippen LogP contribution >= 0.6 is 34.3 Å². The van der Waals surface area contributed by atoms with Crippen LogP contribution in [0.5, 0.6) is 0 Å². The Kier molecular flexibility index (Phi) is 4.98. The molecule has 0 spiro atoms. The molecular weight excluding hydrogens is 272 g/mol. The van der Waals surface area contributed by atoms with Crippen LogP contribution in [0.15, 0.2) is 23.0 Å². The van der Waals surface area contributed by atoms with Gasteiger partial charge in [0.15, 0.2) is 0 Å². The highest BCUT2D eigenvalue weighted by Gasteiger charge is 2.14. The number of nitrogens with one attached hydrogen (secondary N) is 1. The molecule has 0 amide bonds. The van der Waals surface area contributed by atoms with Gasteiger partial charge in [0.25, 0.3) is 0 Å². The molecule has 2 aromatic rings. The molecule has 0 aliphatic rings. The third kappa shape index (κ3) is 3.78. The number of nitrogens with zero attached hydrogens (tertiary/aromatic N) is 1. The lowest BCUT2D eigenvalue weighted by atomic mass is 10.1. The van der Waals surface area contributed by atoms with Crippen molar-refractivity contribution in [3.63, 3.8) is 0 Å². The van der Waals surface area contributed by atoms with E-state index in [1.807, 2.05) is 11.6 Å². The van der Waals surface area contributed by atoms with Gasteiger partial charge in [0.2, 0.25) is 0 Å². The number of rotatable bonds is 6. The molecule has 2 aromatic heterocycles. The number of thiophene rings is 1. The van der Waals surface area contributed by atoms with E-state index in [1.54, 1.807) is 22.7 Å². The largest absolute Gasteiger partial charge is 0.308 e. The predicted molar refractivity (Wildman–Crippen MR) is 76.2 cm³/mol. The molecule has 0 radical (unpaired) electrons. The molecule has 0 aliphatic carbocycles. The van der Waals surface area contributed by atoms with Crippen molar-refractivity contribution in [3.05, 3.63) is 37.9 Å². The molecule has 0 aromatic carbocycles. The summed E-state index contributed by atoms with van der Waals surface area (Å²) in [5.74, 6) is 0. The van der Waals surface area contributed by atoms with Crippen molar-refractivity contribution in [2.24, 2.45) is 0 Å². The van der Waals surface area contributed by atoms with Gasteiger partial charge in [0.1, 0.15) is 0 Å². The van der Waals surface area contributed by atoms with Gasteiger partial charge in [-0.15, -0.1) is 22.7 Å². The van der Waals surface area contributed by atoms with Gasteiger partial charge in [-0.25, -0.2) is 4.98 Å². The average molecular weight is 287 g/mol. The lowest BCUT2D eigenvalue weighted by molar-refractivity contribution is 0.523. The molecule has 2 rings (SSSR count). The summed E-state index contributed by atoms with van der Waals surface area (Å²) in [7, 11) is 0. The van der Waals surface area contributed by atoms with Gasteiger partial charge in [-0.05, 0) is 25.1 Å². The Morgan fingerprint density at radius 1 is 1.47 bits per heavy atom. The van der Waals surface area contributed by atoms with E-state index in [9.17, 15) is 0 Å². The molecule has 92 valence electrons. The smallest absolute Gasteiger partial charge is 0.0931 e. The first-order chi connectivity index (χ1) is 8.29. The normalized spacial score (nSPS) is 12.8. The monoisotopic (exact) mass is 286 g/mol. The Balaban J connectivity index is 2.05. The number of hydrogen-bond donors (Lipinski definition) is 1. The van der Waals surface area contributed by atoms with Gasteiger partial charge in [-0.2, -0.15) is 0 Å². The zero-order chi connectivity index (χ0) is 12.1. The quantitative estimate of drug-likeness (QED) is 0.863. The molecule has 1 unspecified atom stereocenters. The van der Waals surface area contributed by atoms with Crippen molar-refractivity contribution >= 4 is 34.3 Å². The minimum Gasteiger partial charge on any atom is -0.308 e. The van der Waals surface area contributed by atoms with E-state index in [0.717, 1.165) is 29.4 Å². The fraction of sp³-hybridized carbons (Fsp3) is 0.417. The molecule has 0 saturated heterocycles. The molecular formula is C12H15ClN2S2. The topological polar surface area (TPSA) is 24.9 Å². The van der Waals surface area contributed by atoms with Crippen molar-refractivity contribution in [2.45, 2.75) is 25.8 Å². The molecule has 0 bridgehead atoms. The van der Waals surface area contributed by atoms with Gasteiger partial charge in [0.05, 0.1) is 21.6 Å². The molecule has 2 heterocycles. The Hall–Kier alpha value is -0.420. The minimum atomic E-state index is 0.302. The van der Waals surface area contributed by atoms with E-state index in [-0.39, 0.29) is 0 Å². The fourth-order valence-corrected chi connectivity index (χ4v) is 3.40. The lowest BCUT2D eigenvalue weighted by Crippen LogP contribution is -2.24. The van der Waals surface area contributed by atoms with E-state index in [2.05, 4.69) is 28.7 Å². The summed E-state index contributed by atoms with van der Waals surface area (Å²) in [6.07, 6.45) is 2.09. The van der Waals surface area contributed by atoms with Gasteiger partial charge in [-0.1, -0.05) is 18.5 Å². The van der Waals surface area contributed by atoms with Crippen LogP contribution in [0.25, 0.3) is 0 Å². The maximum Gasteiger partial charge on any atom is 0.0931 e. The third-order valence-electron chi connectivity index (χ3n) is 2.48. The third-order valence-corrected chi connectivity index (χ3v) is 4.34. The van der Waals surface area contributed by atoms with Gasteiger partial charge in [-0.3, -0.25) is 0 Å². The zero-order valence-corrected chi connectivity index (χ0v) is 12.0. The summed E-state index contributed by atoms with van der Waals surface area (Å²) in [6, 6.07) is 4.36.